The van der Waals surface area contributed by atoms with Gasteiger partial charge in [0, 0.05) is 37.1 Å². The number of carbonyl (C=O) groups excluding carboxylic acids is 2. The Bertz CT molecular complexity index is 1020. The van der Waals surface area contributed by atoms with Crippen LogP contribution in [0.4, 0.5) is 0 Å². The van der Waals surface area contributed by atoms with Gasteiger partial charge < -0.3 is 15.0 Å². The van der Waals surface area contributed by atoms with Gasteiger partial charge in [0.05, 0.1) is 11.5 Å². The molecule has 174 valence electrons. The Labute approximate surface area is 200 Å². The second-order valence-electron chi connectivity index (χ2n) is 8.81. The molecule has 4 rings (SSSR count). The summed E-state index contributed by atoms with van der Waals surface area (Å²) in [6.07, 6.45) is 6.61. The van der Waals surface area contributed by atoms with E-state index in [4.69, 9.17) is 4.74 Å². The molecule has 1 saturated carbocycles. The van der Waals surface area contributed by atoms with Gasteiger partial charge in [0.15, 0.2) is 0 Å². The fourth-order valence-corrected chi connectivity index (χ4v) is 6.09. The molecule has 2 aromatic rings. The van der Waals surface area contributed by atoms with Crippen LogP contribution < -0.4 is 5.32 Å². The number of methoxy groups -OCH3 is 1. The predicted molar refractivity (Wildman–Crippen MR) is 134 cm³/mol. The first-order valence-electron chi connectivity index (χ1n) is 11.7. The number of rotatable bonds is 7. The Morgan fingerprint density at radius 3 is 2.73 bits per heavy atom. The summed E-state index contributed by atoms with van der Waals surface area (Å²) in [5, 5.41) is 3.27. The first kappa shape index (κ1) is 23.6. The van der Waals surface area contributed by atoms with Gasteiger partial charge in [0.2, 0.25) is 0 Å². The number of benzene rings is 2. The third-order valence-corrected chi connectivity index (χ3v) is 7.71. The highest BCUT2D eigenvalue weighted by atomic mass is 32.2. The molecule has 33 heavy (non-hydrogen) atoms. The molecule has 2 aromatic carbocycles. The van der Waals surface area contributed by atoms with Crippen molar-refractivity contribution in [2.45, 2.75) is 50.4 Å². The van der Waals surface area contributed by atoms with Crippen LogP contribution in [0, 0.1) is 6.92 Å². The van der Waals surface area contributed by atoms with Crippen LogP contribution in [-0.2, 0) is 16.1 Å². The molecule has 2 amide bonds. The normalized spacial score (nSPS) is 21.7. The molecule has 2 atom stereocenters. The van der Waals surface area contributed by atoms with Crippen LogP contribution >= 0.6 is 11.8 Å². The lowest BCUT2D eigenvalue weighted by Gasteiger charge is -2.44. The summed E-state index contributed by atoms with van der Waals surface area (Å²) in [6.45, 7) is 3.70. The molecule has 6 heteroatoms. The molecule has 5 nitrogen and oxygen atoms in total. The van der Waals surface area contributed by atoms with E-state index < -0.39 is 0 Å². The van der Waals surface area contributed by atoms with Crippen molar-refractivity contribution in [3.8, 4) is 0 Å². The van der Waals surface area contributed by atoms with Crippen LogP contribution in [0.25, 0.3) is 6.08 Å². The molecule has 0 aromatic heterocycles. The maximum atomic E-state index is 13.6. The lowest BCUT2D eigenvalue weighted by atomic mass is 9.92. The minimum Gasteiger partial charge on any atom is -0.383 e. The topological polar surface area (TPSA) is 58.6 Å². The molecule has 1 aliphatic carbocycles. The third kappa shape index (κ3) is 5.87. The number of thioether (sulfide) groups is 1. The van der Waals surface area contributed by atoms with Gasteiger partial charge in [-0.05, 0) is 49.1 Å². The van der Waals surface area contributed by atoms with Crippen molar-refractivity contribution in [3.05, 3.63) is 75.7 Å². The zero-order valence-electron chi connectivity index (χ0n) is 19.4. The molecular weight excluding hydrogens is 432 g/mol. The van der Waals surface area contributed by atoms with Crippen molar-refractivity contribution in [2.24, 2.45) is 0 Å². The standard InChI is InChI=1S/C27H32N2O3S/c1-19-6-5-7-21(16-19)18-29-23-8-3-4-9-24(23)33-25(27(29)31)17-20-10-12-22(13-11-20)26(30)28-14-15-32-2/h5-7,10-13,16-17,23-24H,3-4,8-9,14-15,18H2,1-2H3,(H,28,30)/b25-17+. The highest BCUT2D eigenvalue weighted by molar-refractivity contribution is 8.04. The van der Waals surface area contributed by atoms with Crippen LogP contribution in [0.3, 0.4) is 0 Å². The van der Waals surface area contributed by atoms with Crippen LogP contribution in [0.15, 0.2) is 53.4 Å². The van der Waals surface area contributed by atoms with Gasteiger partial charge in [-0.2, -0.15) is 0 Å². The molecule has 0 spiro atoms. The van der Waals surface area contributed by atoms with E-state index in [-0.39, 0.29) is 11.8 Å². The molecule has 2 fully saturated rings. The highest BCUT2D eigenvalue weighted by Crippen LogP contribution is 2.42. The van der Waals surface area contributed by atoms with Crippen molar-refractivity contribution in [1.82, 2.24) is 10.2 Å². The van der Waals surface area contributed by atoms with Crippen molar-refractivity contribution < 1.29 is 14.3 Å². The molecule has 0 radical (unpaired) electrons. The Balaban J connectivity index is 1.53. The summed E-state index contributed by atoms with van der Waals surface area (Å²) >= 11 is 1.74. The summed E-state index contributed by atoms with van der Waals surface area (Å²) in [5.41, 5.74) is 3.93. The van der Waals surface area contributed by atoms with Crippen LogP contribution in [-0.4, -0.2) is 48.3 Å². The Morgan fingerprint density at radius 2 is 1.97 bits per heavy atom. The Kier molecular flexibility index (Phi) is 7.89. The maximum Gasteiger partial charge on any atom is 0.260 e. The highest BCUT2D eigenvalue weighted by Gasteiger charge is 2.40. The smallest absolute Gasteiger partial charge is 0.260 e. The van der Waals surface area contributed by atoms with Crippen molar-refractivity contribution in [3.63, 3.8) is 0 Å². The fourth-order valence-electron chi connectivity index (χ4n) is 4.62. The first-order chi connectivity index (χ1) is 16.0. The SMILES string of the molecule is COCCNC(=O)c1ccc(/C=C2/SC3CCCCC3N(Cc3cccc(C)c3)C2=O)cc1. The summed E-state index contributed by atoms with van der Waals surface area (Å²) < 4.78 is 4.97. The zero-order chi connectivity index (χ0) is 23.2. The van der Waals surface area contributed by atoms with Crippen molar-refractivity contribution >= 4 is 29.7 Å². The number of nitrogens with zero attached hydrogens (tertiary/aromatic N) is 1. The maximum absolute atomic E-state index is 13.6. The number of hydrogen-bond acceptors (Lipinski definition) is 4. The number of nitrogens with one attached hydrogen (secondary N) is 1. The van der Waals surface area contributed by atoms with E-state index in [1.807, 2.05) is 18.2 Å². The second kappa shape index (κ2) is 11.0. The Hall–Kier alpha value is -2.57. The summed E-state index contributed by atoms with van der Waals surface area (Å²) in [4.78, 5) is 28.7. The number of hydrogen-bond donors (Lipinski definition) is 1. The van der Waals surface area contributed by atoms with Gasteiger partial charge in [0.1, 0.15) is 0 Å². The average molecular weight is 465 g/mol. The minimum absolute atomic E-state index is 0.117. The number of aryl methyl sites for hydroxylation is 1. The van der Waals surface area contributed by atoms with Gasteiger partial charge in [-0.25, -0.2) is 0 Å². The van der Waals surface area contributed by atoms with Crippen LogP contribution in [0.1, 0.15) is 52.7 Å². The third-order valence-electron chi connectivity index (χ3n) is 6.32. The van der Waals surface area contributed by atoms with E-state index in [0.717, 1.165) is 23.3 Å². The van der Waals surface area contributed by atoms with E-state index in [1.54, 1.807) is 31.0 Å². The zero-order valence-corrected chi connectivity index (χ0v) is 20.2. The minimum atomic E-state index is -0.122. The lowest BCUT2D eigenvalue weighted by molar-refractivity contribution is -0.130. The van der Waals surface area contributed by atoms with E-state index in [0.29, 0.717) is 36.6 Å². The molecular formula is C27H32N2O3S. The van der Waals surface area contributed by atoms with Crippen molar-refractivity contribution in [2.75, 3.05) is 20.3 Å². The molecule has 0 bridgehead atoms. The molecule has 1 saturated heterocycles. The first-order valence-corrected chi connectivity index (χ1v) is 12.5. The number of ether oxygens (including phenoxy) is 1. The van der Waals surface area contributed by atoms with Gasteiger partial charge in [-0.15, -0.1) is 11.8 Å². The van der Waals surface area contributed by atoms with Gasteiger partial charge in [0.25, 0.3) is 11.8 Å². The van der Waals surface area contributed by atoms with Gasteiger partial charge in [-0.1, -0.05) is 54.8 Å². The quantitative estimate of drug-likeness (QED) is 0.472. The molecule has 2 unspecified atom stereocenters. The molecule has 1 heterocycles. The second-order valence-corrected chi connectivity index (χ2v) is 10.1. The fraction of sp³-hybridized carbons (Fsp3) is 0.407. The average Bonchev–Trinajstić information content (AvgIpc) is 2.82. The van der Waals surface area contributed by atoms with E-state index in [1.165, 1.54) is 24.0 Å². The van der Waals surface area contributed by atoms with E-state index >= 15 is 0 Å². The van der Waals surface area contributed by atoms with Crippen molar-refractivity contribution in [1.29, 1.82) is 0 Å². The summed E-state index contributed by atoms with van der Waals surface area (Å²) in [6, 6.07) is 16.2. The largest absolute Gasteiger partial charge is 0.383 e. The summed E-state index contributed by atoms with van der Waals surface area (Å²) in [5.74, 6) is -0.00482. The predicted octanol–water partition coefficient (Wildman–Crippen LogP) is 4.80. The summed E-state index contributed by atoms with van der Waals surface area (Å²) in [7, 11) is 1.61. The molecule has 1 aliphatic heterocycles. The van der Waals surface area contributed by atoms with Gasteiger partial charge in [-0.3, -0.25) is 9.59 Å². The Morgan fingerprint density at radius 1 is 1.18 bits per heavy atom. The van der Waals surface area contributed by atoms with Crippen LogP contribution in [0.5, 0.6) is 0 Å². The lowest BCUT2D eigenvalue weighted by Crippen LogP contribution is -2.50. The van der Waals surface area contributed by atoms with Gasteiger partial charge >= 0.3 is 0 Å². The number of carbonyl (C=O) groups is 2. The van der Waals surface area contributed by atoms with E-state index in [2.05, 4.69) is 41.4 Å². The molecule has 1 N–H and O–H groups in total. The monoisotopic (exact) mass is 464 g/mol. The van der Waals surface area contributed by atoms with E-state index in [9.17, 15) is 9.59 Å². The molecule has 2 aliphatic rings. The number of fused-ring (bicyclic) bond motifs is 1. The number of amides is 2. The van der Waals surface area contributed by atoms with Crippen LogP contribution in [0.2, 0.25) is 0 Å².